The van der Waals surface area contributed by atoms with Gasteiger partial charge in [-0.15, -0.1) is 0 Å². The van der Waals surface area contributed by atoms with Crippen molar-refractivity contribution < 1.29 is 13.0 Å². The zero-order valence-electron chi connectivity index (χ0n) is 19.2. The minimum Gasteiger partial charge on any atom is -0.744 e. The molecule has 0 heterocycles. The first-order valence-corrected chi connectivity index (χ1v) is 16.3. The summed E-state index contributed by atoms with van der Waals surface area (Å²) >= 11 is 57.3. The second-order valence-electron chi connectivity index (χ2n) is 7.67. The van der Waals surface area contributed by atoms with E-state index in [9.17, 15) is 13.0 Å². The molecule has 14 heteroatoms. The molecule has 0 spiro atoms. The molecule has 0 aromatic heterocycles. The average Bonchev–Trinajstić information content (AvgIpc) is 2.77. The van der Waals surface area contributed by atoms with E-state index in [1.54, 1.807) is 48.5 Å². The van der Waals surface area contributed by atoms with Gasteiger partial charge in [-0.25, -0.2) is 8.42 Å². The Balaban J connectivity index is 0.000000320. The zero-order valence-corrected chi connectivity index (χ0v) is 27.7. The van der Waals surface area contributed by atoms with Crippen LogP contribution in [0.4, 0.5) is 0 Å². The molecule has 0 aliphatic carbocycles. The number of benzene rings is 4. The minimum absolute atomic E-state index is 0.178. The molecule has 0 saturated heterocycles. The third kappa shape index (κ3) is 8.41. The van der Waals surface area contributed by atoms with Crippen LogP contribution in [0, 0.1) is 6.92 Å². The monoisotopic (exact) mass is 740 g/mol. The van der Waals surface area contributed by atoms with Crippen molar-refractivity contribution in [2.75, 3.05) is 0 Å². The molecule has 0 N–H and O–H groups in total. The third-order valence-corrected chi connectivity index (χ3v) is 11.3. The van der Waals surface area contributed by atoms with E-state index in [4.69, 9.17) is 104 Å². The van der Waals surface area contributed by atoms with Crippen LogP contribution in [-0.4, -0.2) is 13.0 Å². The number of aryl methyl sites for hydroxylation is 1. The van der Waals surface area contributed by atoms with Gasteiger partial charge in [0, 0.05) is 15.1 Å². The first kappa shape index (κ1) is 33.3. The predicted octanol–water partition coefficient (Wildman–Crippen LogP) is 11.6. The van der Waals surface area contributed by atoms with E-state index < -0.39 is 21.0 Å². The molecule has 4 aromatic carbocycles. The Morgan fingerprint density at radius 2 is 0.795 bits per heavy atom. The molecule has 0 aliphatic rings. The fourth-order valence-electron chi connectivity index (χ4n) is 3.18. The highest BCUT2D eigenvalue weighted by atomic mass is 35.5. The summed E-state index contributed by atoms with van der Waals surface area (Å²) in [6.45, 7) is 1.82. The molecular weight excluding hydrogens is 731 g/mol. The number of hydrogen-bond acceptors (Lipinski definition) is 3. The Labute approximate surface area is 273 Å². The highest BCUT2D eigenvalue weighted by Gasteiger charge is 2.41. The average molecular weight is 745 g/mol. The molecule has 0 amide bonds. The lowest BCUT2D eigenvalue weighted by molar-refractivity contribution is 0.463. The molecule has 0 atom stereocenters. The van der Waals surface area contributed by atoms with Crippen LogP contribution < -0.4 is 0 Å². The maximum Gasteiger partial charge on any atom is 0.203 e. The van der Waals surface area contributed by atoms with Crippen molar-refractivity contribution in [3.63, 3.8) is 0 Å². The summed E-state index contributed by atoms with van der Waals surface area (Å²) in [5.41, 5.74) is 0.928. The maximum atomic E-state index is 10.4. The molecular formula is C25H13Cl9O3S2. The van der Waals surface area contributed by atoms with Gasteiger partial charge < -0.3 is 4.55 Å². The van der Waals surface area contributed by atoms with E-state index in [1.165, 1.54) is 12.1 Å². The van der Waals surface area contributed by atoms with E-state index in [1.807, 2.05) is 6.92 Å². The molecule has 0 unspecified atom stereocenters. The van der Waals surface area contributed by atoms with Gasteiger partial charge in [-0.1, -0.05) is 122 Å². The summed E-state index contributed by atoms with van der Waals surface area (Å²) in [5.74, 6) is 0. The lowest BCUT2D eigenvalue weighted by Crippen LogP contribution is -2.10. The Morgan fingerprint density at radius 1 is 0.538 bits per heavy atom. The molecule has 0 saturated carbocycles. The number of hydrogen-bond donors (Lipinski definition) is 0. The van der Waals surface area contributed by atoms with E-state index in [0.29, 0.717) is 59.9 Å². The number of rotatable bonds is 4. The Bertz CT molecular complexity index is 1440. The van der Waals surface area contributed by atoms with Crippen LogP contribution >= 0.6 is 104 Å². The van der Waals surface area contributed by atoms with E-state index in [2.05, 4.69) is 0 Å². The van der Waals surface area contributed by atoms with E-state index in [-0.39, 0.29) is 4.90 Å². The first-order valence-electron chi connectivity index (χ1n) is 10.3. The Hall–Kier alpha value is -0.250. The van der Waals surface area contributed by atoms with Gasteiger partial charge in [0.25, 0.3) is 0 Å². The summed E-state index contributed by atoms with van der Waals surface area (Å²) in [6, 6.07) is 15.2. The molecule has 206 valence electrons. The summed E-state index contributed by atoms with van der Waals surface area (Å²) < 4.78 is 31.2. The van der Waals surface area contributed by atoms with E-state index >= 15 is 0 Å². The van der Waals surface area contributed by atoms with Crippen molar-refractivity contribution in [2.24, 2.45) is 0 Å². The van der Waals surface area contributed by atoms with Crippen molar-refractivity contribution in [1.82, 2.24) is 0 Å². The highest BCUT2D eigenvalue weighted by Crippen LogP contribution is 2.50. The van der Waals surface area contributed by atoms with Crippen LogP contribution in [0.15, 0.2) is 80.2 Å². The van der Waals surface area contributed by atoms with Gasteiger partial charge in [-0.05, 0) is 55.5 Å². The van der Waals surface area contributed by atoms with Gasteiger partial charge in [0.1, 0.15) is 21.0 Å². The highest BCUT2D eigenvalue weighted by molar-refractivity contribution is 7.97. The van der Waals surface area contributed by atoms with Crippen molar-refractivity contribution in [3.8, 4) is 0 Å². The van der Waals surface area contributed by atoms with Crippen molar-refractivity contribution in [1.29, 1.82) is 0 Å². The maximum absolute atomic E-state index is 10.4. The lowest BCUT2D eigenvalue weighted by atomic mass is 10.2. The van der Waals surface area contributed by atoms with Gasteiger partial charge >= 0.3 is 0 Å². The second-order valence-corrected chi connectivity index (χ2v) is 14.6. The van der Waals surface area contributed by atoms with Crippen molar-refractivity contribution >= 4 is 125 Å². The third-order valence-electron chi connectivity index (χ3n) is 4.81. The SMILES string of the molecule is Cc1ccc(S(=O)(=O)[O-])cc1.Clc1cc(Cl)c([S+](c2c(Cl)cc(Cl)cc2Cl)c2c(Cl)cc(Cl)cc2Cl)c(Cl)c1. The van der Waals surface area contributed by atoms with E-state index in [0.717, 1.165) is 5.56 Å². The number of halogens is 9. The molecule has 4 rings (SSSR count). The van der Waals surface area contributed by atoms with Crippen LogP contribution in [0.2, 0.25) is 45.2 Å². The Morgan fingerprint density at radius 3 is 1.03 bits per heavy atom. The standard InChI is InChI=1S/C18H6Cl9S.C7H8O3S/c19-7-1-10(22)16(11(23)2-7)28(17-12(24)3-8(20)4-13(17)25)18-14(26)5-9(21)6-15(18)27;1-6-2-4-7(5-3-6)11(8,9)10/h1-6H;2-5H,1H3,(H,8,9,10)/q+1;/p-1. The molecule has 0 bridgehead atoms. The summed E-state index contributed by atoms with van der Waals surface area (Å²) in [6.07, 6.45) is 0. The molecule has 39 heavy (non-hydrogen) atoms. The molecule has 4 aromatic rings. The Kier molecular flexibility index (Phi) is 11.8. The molecule has 0 radical (unpaired) electrons. The van der Waals surface area contributed by atoms with Gasteiger partial charge in [-0.3, -0.25) is 0 Å². The van der Waals surface area contributed by atoms with Crippen LogP contribution in [-0.2, 0) is 21.0 Å². The molecule has 0 fully saturated rings. The largest absolute Gasteiger partial charge is 0.744 e. The van der Waals surface area contributed by atoms with Gasteiger partial charge in [0.15, 0.2) is 0 Å². The smallest absolute Gasteiger partial charge is 0.203 e. The minimum atomic E-state index is -4.27. The summed E-state index contributed by atoms with van der Waals surface area (Å²) in [4.78, 5) is 1.38. The fourth-order valence-corrected chi connectivity index (χ4v) is 9.63. The van der Waals surface area contributed by atoms with Crippen LogP contribution in [0.25, 0.3) is 0 Å². The van der Waals surface area contributed by atoms with Crippen LogP contribution in [0.5, 0.6) is 0 Å². The predicted molar refractivity (Wildman–Crippen MR) is 166 cm³/mol. The van der Waals surface area contributed by atoms with Crippen LogP contribution in [0.1, 0.15) is 5.56 Å². The van der Waals surface area contributed by atoms with Crippen molar-refractivity contribution in [3.05, 3.63) is 111 Å². The summed E-state index contributed by atoms with van der Waals surface area (Å²) in [5, 5.41) is 3.00. The molecule has 0 aliphatic heterocycles. The quantitative estimate of drug-likeness (QED) is 0.154. The van der Waals surface area contributed by atoms with Gasteiger partial charge in [0.05, 0.1) is 35.0 Å². The van der Waals surface area contributed by atoms with Gasteiger partial charge in [0.2, 0.25) is 14.7 Å². The second kappa shape index (κ2) is 13.8. The molecule has 3 nitrogen and oxygen atoms in total. The topological polar surface area (TPSA) is 57.2 Å². The van der Waals surface area contributed by atoms with Gasteiger partial charge in [-0.2, -0.15) is 0 Å². The van der Waals surface area contributed by atoms with Crippen LogP contribution in [0.3, 0.4) is 0 Å². The van der Waals surface area contributed by atoms with Crippen molar-refractivity contribution in [2.45, 2.75) is 26.5 Å². The first-order chi connectivity index (χ1) is 18.1. The fraction of sp³-hybridized carbons (Fsp3) is 0.0400. The lowest BCUT2D eigenvalue weighted by Gasteiger charge is -2.16. The normalized spacial score (nSPS) is 11.4. The zero-order chi connectivity index (χ0) is 29.2. The summed E-state index contributed by atoms with van der Waals surface area (Å²) in [7, 11) is -5.35.